The molecule has 1 heterocycles. The van der Waals surface area contributed by atoms with Gasteiger partial charge in [0.2, 0.25) is 0 Å². The number of aromatic hydroxyl groups is 2. The maximum absolute atomic E-state index is 10.6. The van der Waals surface area contributed by atoms with E-state index in [4.69, 9.17) is 21.1 Å². The van der Waals surface area contributed by atoms with E-state index in [1.807, 2.05) is 18.2 Å². The number of phenolic OH excluding ortho intramolecular Hbond substituents is 2. The van der Waals surface area contributed by atoms with E-state index in [1.165, 1.54) is 18.2 Å². The first-order valence-corrected chi connectivity index (χ1v) is 7.31. The molecule has 124 valence electrons. The van der Waals surface area contributed by atoms with Gasteiger partial charge in [0.15, 0.2) is 11.5 Å². The molecule has 0 spiro atoms. The number of rotatable bonds is 3. The third-order valence-corrected chi connectivity index (χ3v) is 3.29. The number of benzene rings is 2. The van der Waals surface area contributed by atoms with Crippen molar-refractivity contribution in [3.05, 3.63) is 65.9 Å². The Morgan fingerprint density at radius 1 is 1.00 bits per heavy atom. The molecule has 0 aliphatic carbocycles. The standard InChI is InChI=1S/C10H7NO2.C8H11NO2/c12-10(13)9-6-5-7-3-1-2-4-8(7)11-9;9-4-3-6-1-2-7(10)8(11)5-6/h1-6H,(H,12,13);1-2,5,10-11H,3-4,9H2. The molecule has 0 bridgehead atoms. The number of aromatic carboxylic acids is 1. The molecule has 0 radical (unpaired) electrons. The fraction of sp³-hybridized carbons (Fsp3) is 0.111. The Hall–Kier alpha value is -3.12. The first kappa shape index (κ1) is 17.2. The van der Waals surface area contributed by atoms with Crippen LogP contribution in [0, 0.1) is 0 Å². The third kappa shape index (κ3) is 4.44. The molecule has 2 aromatic carbocycles. The van der Waals surface area contributed by atoms with Gasteiger partial charge >= 0.3 is 5.97 Å². The summed E-state index contributed by atoms with van der Waals surface area (Å²) in [5.74, 6) is -1.17. The number of aromatic nitrogens is 1. The topological polar surface area (TPSA) is 117 Å². The van der Waals surface area contributed by atoms with E-state index in [0.717, 1.165) is 10.9 Å². The highest BCUT2D eigenvalue weighted by molar-refractivity contribution is 5.89. The lowest BCUT2D eigenvalue weighted by atomic mass is 10.1. The van der Waals surface area contributed by atoms with Crippen molar-refractivity contribution in [2.45, 2.75) is 6.42 Å². The fourth-order valence-corrected chi connectivity index (χ4v) is 2.08. The van der Waals surface area contributed by atoms with Crippen molar-refractivity contribution >= 4 is 16.9 Å². The van der Waals surface area contributed by atoms with E-state index < -0.39 is 5.97 Å². The second-order valence-electron chi connectivity index (χ2n) is 5.06. The molecule has 0 amide bonds. The summed E-state index contributed by atoms with van der Waals surface area (Å²) in [6, 6.07) is 15.4. The van der Waals surface area contributed by atoms with Gasteiger partial charge in [0.05, 0.1) is 5.52 Å². The first-order valence-electron chi connectivity index (χ1n) is 7.31. The van der Waals surface area contributed by atoms with Gasteiger partial charge in [-0.05, 0) is 42.8 Å². The predicted octanol–water partition coefficient (Wildman–Crippen LogP) is 2.53. The maximum atomic E-state index is 10.6. The predicted molar refractivity (Wildman–Crippen MR) is 91.2 cm³/mol. The van der Waals surface area contributed by atoms with Gasteiger partial charge in [-0.3, -0.25) is 0 Å². The number of hydrogen-bond donors (Lipinski definition) is 4. The average molecular weight is 326 g/mol. The number of nitrogens with zero attached hydrogens (tertiary/aromatic N) is 1. The minimum Gasteiger partial charge on any atom is -0.504 e. The van der Waals surface area contributed by atoms with Gasteiger partial charge in [-0.2, -0.15) is 0 Å². The number of phenols is 2. The van der Waals surface area contributed by atoms with Crippen molar-refractivity contribution in [1.82, 2.24) is 4.98 Å². The molecule has 0 aliphatic heterocycles. The maximum Gasteiger partial charge on any atom is 0.354 e. The number of carboxylic acid groups (broad SMARTS) is 1. The summed E-state index contributed by atoms with van der Waals surface area (Å²) >= 11 is 0. The van der Waals surface area contributed by atoms with Gasteiger partial charge in [0.25, 0.3) is 0 Å². The molecule has 0 unspecified atom stereocenters. The van der Waals surface area contributed by atoms with Gasteiger partial charge in [0.1, 0.15) is 5.69 Å². The number of nitrogens with two attached hydrogens (primary N) is 1. The molecule has 0 saturated carbocycles. The Labute approximate surface area is 138 Å². The molecular formula is C18H18N2O4. The first-order chi connectivity index (χ1) is 11.5. The summed E-state index contributed by atoms with van der Waals surface area (Å²) in [5.41, 5.74) is 7.03. The van der Waals surface area contributed by atoms with Crippen LogP contribution in [0.25, 0.3) is 10.9 Å². The second-order valence-corrected chi connectivity index (χ2v) is 5.06. The molecular weight excluding hydrogens is 308 g/mol. The van der Waals surface area contributed by atoms with Crippen LogP contribution in [0.4, 0.5) is 0 Å². The zero-order valence-corrected chi connectivity index (χ0v) is 12.9. The van der Waals surface area contributed by atoms with E-state index in [1.54, 1.807) is 18.2 Å². The molecule has 3 rings (SSSR count). The smallest absolute Gasteiger partial charge is 0.354 e. The third-order valence-electron chi connectivity index (χ3n) is 3.29. The number of para-hydroxylation sites is 1. The van der Waals surface area contributed by atoms with Crippen molar-refractivity contribution in [2.24, 2.45) is 5.73 Å². The molecule has 6 heteroatoms. The van der Waals surface area contributed by atoms with Gasteiger partial charge < -0.3 is 21.1 Å². The average Bonchev–Trinajstić information content (AvgIpc) is 2.58. The van der Waals surface area contributed by atoms with Crippen molar-refractivity contribution in [1.29, 1.82) is 0 Å². The number of carboxylic acids is 1. The normalized spacial score (nSPS) is 10.0. The zero-order chi connectivity index (χ0) is 17.5. The molecule has 0 aliphatic rings. The van der Waals surface area contributed by atoms with Crippen molar-refractivity contribution in [3.63, 3.8) is 0 Å². The summed E-state index contributed by atoms with van der Waals surface area (Å²) in [5, 5.41) is 27.6. The Kier molecular flexibility index (Phi) is 5.70. The molecule has 0 atom stereocenters. The molecule has 6 nitrogen and oxygen atoms in total. The molecule has 3 aromatic rings. The Morgan fingerprint density at radius 2 is 1.75 bits per heavy atom. The fourth-order valence-electron chi connectivity index (χ4n) is 2.08. The number of hydrogen-bond acceptors (Lipinski definition) is 5. The van der Waals surface area contributed by atoms with Crippen LogP contribution < -0.4 is 5.73 Å². The molecule has 0 fully saturated rings. The van der Waals surface area contributed by atoms with Crippen LogP contribution in [0.1, 0.15) is 16.1 Å². The Morgan fingerprint density at radius 3 is 2.42 bits per heavy atom. The highest BCUT2D eigenvalue weighted by atomic mass is 16.4. The van der Waals surface area contributed by atoms with Crippen LogP contribution in [-0.2, 0) is 6.42 Å². The van der Waals surface area contributed by atoms with Gasteiger partial charge in [-0.25, -0.2) is 9.78 Å². The van der Waals surface area contributed by atoms with Crippen LogP contribution in [0.3, 0.4) is 0 Å². The van der Waals surface area contributed by atoms with Crippen LogP contribution in [0.5, 0.6) is 11.5 Å². The lowest BCUT2D eigenvalue weighted by molar-refractivity contribution is 0.0691. The highest BCUT2D eigenvalue weighted by Crippen LogP contribution is 2.24. The number of pyridine rings is 1. The SMILES string of the molecule is NCCc1ccc(O)c(O)c1.O=C(O)c1ccc2ccccc2n1. The number of fused-ring (bicyclic) bond motifs is 1. The van der Waals surface area contributed by atoms with Crippen molar-refractivity contribution in [3.8, 4) is 11.5 Å². The summed E-state index contributed by atoms with van der Waals surface area (Å²) < 4.78 is 0. The molecule has 5 N–H and O–H groups in total. The van der Waals surface area contributed by atoms with E-state index in [2.05, 4.69) is 4.98 Å². The van der Waals surface area contributed by atoms with Gasteiger partial charge in [-0.15, -0.1) is 0 Å². The monoisotopic (exact) mass is 326 g/mol. The Bertz CT molecular complexity index is 849. The minimum atomic E-state index is -0.995. The van der Waals surface area contributed by atoms with E-state index in [0.29, 0.717) is 18.5 Å². The summed E-state index contributed by atoms with van der Waals surface area (Å²) in [6.07, 6.45) is 0.716. The highest BCUT2D eigenvalue weighted by Gasteiger charge is 2.04. The molecule has 0 saturated heterocycles. The van der Waals surface area contributed by atoms with Crippen LogP contribution >= 0.6 is 0 Å². The summed E-state index contributed by atoms with van der Waals surface area (Å²) in [6.45, 7) is 0.546. The van der Waals surface area contributed by atoms with Crippen LogP contribution in [0.2, 0.25) is 0 Å². The lowest BCUT2D eigenvalue weighted by Crippen LogP contribution is -2.02. The quantitative estimate of drug-likeness (QED) is 0.550. The molecule has 24 heavy (non-hydrogen) atoms. The van der Waals surface area contributed by atoms with E-state index in [9.17, 15) is 4.79 Å². The zero-order valence-electron chi connectivity index (χ0n) is 12.9. The summed E-state index contributed by atoms with van der Waals surface area (Å²) in [7, 11) is 0. The van der Waals surface area contributed by atoms with Crippen LogP contribution in [0.15, 0.2) is 54.6 Å². The second kappa shape index (κ2) is 7.94. The Balaban J connectivity index is 0.000000177. The van der Waals surface area contributed by atoms with Gasteiger partial charge in [0, 0.05) is 5.39 Å². The van der Waals surface area contributed by atoms with Crippen molar-refractivity contribution in [2.75, 3.05) is 6.54 Å². The minimum absolute atomic E-state index is 0.0821. The van der Waals surface area contributed by atoms with Crippen LogP contribution in [-0.4, -0.2) is 32.8 Å². The number of carbonyl (C=O) groups is 1. The van der Waals surface area contributed by atoms with Gasteiger partial charge in [-0.1, -0.05) is 30.3 Å². The van der Waals surface area contributed by atoms with E-state index >= 15 is 0 Å². The molecule has 1 aromatic heterocycles. The van der Waals surface area contributed by atoms with Crippen molar-refractivity contribution < 1.29 is 20.1 Å². The lowest BCUT2D eigenvalue weighted by Gasteiger charge is -2.00. The van der Waals surface area contributed by atoms with E-state index in [-0.39, 0.29) is 17.2 Å². The largest absolute Gasteiger partial charge is 0.504 e. The summed E-state index contributed by atoms with van der Waals surface area (Å²) in [4.78, 5) is 14.6.